The summed E-state index contributed by atoms with van der Waals surface area (Å²) in [6, 6.07) is 2.80. The van der Waals surface area contributed by atoms with Gasteiger partial charge in [-0.2, -0.15) is 0 Å². The van der Waals surface area contributed by atoms with E-state index in [4.69, 9.17) is 0 Å². The number of hydrogen-bond donors (Lipinski definition) is 1. The Labute approximate surface area is 85.2 Å². The number of thiophene rings is 1. The predicted octanol–water partition coefficient (Wildman–Crippen LogP) is 3.43. The predicted molar refractivity (Wildman–Crippen MR) is 60.5 cm³/mol. The van der Waals surface area contributed by atoms with Crippen molar-refractivity contribution in [2.75, 3.05) is 6.54 Å². The third-order valence-electron chi connectivity index (χ3n) is 2.25. The van der Waals surface area contributed by atoms with E-state index in [9.17, 15) is 0 Å². The van der Waals surface area contributed by atoms with Gasteiger partial charge in [-0.15, -0.1) is 11.3 Å². The fourth-order valence-corrected chi connectivity index (χ4v) is 2.57. The molecule has 0 radical (unpaired) electrons. The summed E-state index contributed by atoms with van der Waals surface area (Å²) in [6.07, 6.45) is 1.20. The van der Waals surface area contributed by atoms with Gasteiger partial charge in [0.05, 0.1) is 0 Å². The van der Waals surface area contributed by atoms with Gasteiger partial charge in [0.25, 0.3) is 0 Å². The molecule has 1 aromatic heterocycles. The minimum absolute atomic E-state index is 0.505. The van der Waals surface area contributed by atoms with Gasteiger partial charge >= 0.3 is 0 Å². The summed E-state index contributed by atoms with van der Waals surface area (Å²) in [5, 5.41) is 3.51. The zero-order chi connectivity index (χ0) is 9.84. The van der Waals surface area contributed by atoms with Crippen LogP contribution >= 0.6 is 11.3 Å². The molecule has 0 saturated heterocycles. The van der Waals surface area contributed by atoms with Crippen LogP contribution in [-0.4, -0.2) is 6.54 Å². The van der Waals surface area contributed by atoms with Gasteiger partial charge in [0.1, 0.15) is 0 Å². The normalized spacial score (nSPS) is 13.2. The van der Waals surface area contributed by atoms with Gasteiger partial charge in [-0.3, -0.25) is 0 Å². The Balaban J connectivity index is 2.64. The van der Waals surface area contributed by atoms with Gasteiger partial charge in [0.2, 0.25) is 0 Å². The van der Waals surface area contributed by atoms with Crippen LogP contribution in [0.4, 0.5) is 0 Å². The molecule has 0 amide bonds. The Bertz CT molecular complexity index is 265. The first-order valence-corrected chi connectivity index (χ1v) is 5.77. The van der Waals surface area contributed by atoms with Crippen LogP contribution in [0.25, 0.3) is 0 Å². The summed E-state index contributed by atoms with van der Waals surface area (Å²) >= 11 is 1.89. The van der Waals surface area contributed by atoms with Crippen LogP contribution in [0.15, 0.2) is 6.07 Å². The summed E-state index contributed by atoms with van der Waals surface area (Å²) in [5.41, 5.74) is 1.47. The lowest BCUT2D eigenvalue weighted by Gasteiger charge is -2.12. The average Bonchev–Trinajstić information content (AvgIpc) is 2.41. The largest absolute Gasteiger partial charge is 0.310 e. The van der Waals surface area contributed by atoms with Crippen molar-refractivity contribution in [3.8, 4) is 0 Å². The van der Waals surface area contributed by atoms with Crippen molar-refractivity contribution in [3.05, 3.63) is 21.4 Å². The summed E-state index contributed by atoms with van der Waals surface area (Å²) in [6.45, 7) is 9.93. The lowest BCUT2D eigenvalue weighted by molar-refractivity contribution is 0.570. The van der Waals surface area contributed by atoms with Crippen LogP contribution < -0.4 is 5.32 Å². The maximum Gasteiger partial charge on any atom is 0.0302 e. The first-order chi connectivity index (χ1) is 6.15. The van der Waals surface area contributed by atoms with Crippen molar-refractivity contribution in [2.24, 2.45) is 0 Å². The molecule has 1 unspecified atom stereocenters. The molecule has 0 saturated carbocycles. The van der Waals surface area contributed by atoms with Crippen LogP contribution in [0.5, 0.6) is 0 Å². The molecule has 74 valence electrons. The maximum atomic E-state index is 3.51. The Morgan fingerprint density at radius 1 is 1.46 bits per heavy atom. The summed E-state index contributed by atoms with van der Waals surface area (Å²) in [5.74, 6) is 0. The third kappa shape index (κ3) is 2.82. The first kappa shape index (κ1) is 10.7. The van der Waals surface area contributed by atoms with Crippen LogP contribution in [0.2, 0.25) is 0 Å². The monoisotopic (exact) mass is 197 g/mol. The molecular formula is C11H19NS. The topological polar surface area (TPSA) is 12.0 Å². The van der Waals surface area contributed by atoms with E-state index in [1.807, 2.05) is 11.3 Å². The smallest absolute Gasteiger partial charge is 0.0302 e. The van der Waals surface area contributed by atoms with E-state index in [1.165, 1.54) is 21.7 Å². The standard InChI is InChI=1S/C11H19NS/c1-5-6-12-9(3)11-7-8(2)13-10(11)4/h7,9,12H,5-6H2,1-4H3. The van der Waals surface area contributed by atoms with E-state index in [1.54, 1.807) is 0 Å². The third-order valence-corrected chi connectivity index (χ3v) is 3.23. The molecule has 1 aromatic rings. The molecule has 1 N–H and O–H groups in total. The van der Waals surface area contributed by atoms with E-state index in [0.717, 1.165) is 6.54 Å². The second-order valence-corrected chi connectivity index (χ2v) is 5.00. The van der Waals surface area contributed by atoms with Gasteiger partial charge < -0.3 is 5.32 Å². The molecule has 0 aromatic carbocycles. The van der Waals surface area contributed by atoms with Gasteiger partial charge in [0.15, 0.2) is 0 Å². The Morgan fingerprint density at radius 2 is 2.15 bits per heavy atom. The number of aryl methyl sites for hydroxylation is 2. The van der Waals surface area contributed by atoms with Crippen molar-refractivity contribution in [1.29, 1.82) is 0 Å². The van der Waals surface area contributed by atoms with Crippen molar-refractivity contribution >= 4 is 11.3 Å². The molecule has 0 spiro atoms. The molecule has 0 aliphatic heterocycles. The Morgan fingerprint density at radius 3 is 2.62 bits per heavy atom. The fraction of sp³-hybridized carbons (Fsp3) is 0.636. The average molecular weight is 197 g/mol. The minimum atomic E-state index is 0.505. The summed E-state index contributed by atoms with van der Waals surface area (Å²) in [7, 11) is 0. The number of nitrogens with one attached hydrogen (secondary N) is 1. The van der Waals surface area contributed by atoms with Gasteiger partial charge in [-0.25, -0.2) is 0 Å². The van der Waals surface area contributed by atoms with Crippen LogP contribution in [0.1, 0.15) is 41.6 Å². The zero-order valence-electron chi connectivity index (χ0n) is 8.98. The van der Waals surface area contributed by atoms with E-state index in [0.29, 0.717) is 6.04 Å². The molecule has 1 atom stereocenters. The highest BCUT2D eigenvalue weighted by Gasteiger charge is 2.09. The van der Waals surface area contributed by atoms with Crippen LogP contribution in [-0.2, 0) is 0 Å². The molecule has 1 nitrogen and oxygen atoms in total. The molecule has 0 fully saturated rings. The van der Waals surface area contributed by atoms with Crippen molar-refractivity contribution in [3.63, 3.8) is 0 Å². The van der Waals surface area contributed by atoms with Crippen molar-refractivity contribution in [1.82, 2.24) is 5.32 Å². The van der Waals surface area contributed by atoms with Crippen molar-refractivity contribution < 1.29 is 0 Å². The van der Waals surface area contributed by atoms with Crippen LogP contribution in [0, 0.1) is 13.8 Å². The van der Waals surface area contributed by atoms with Crippen molar-refractivity contribution in [2.45, 2.75) is 40.2 Å². The number of rotatable bonds is 4. The van der Waals surface area contributed by atoms with Crippen LogP contribution in [0.3, 0.4) is 0 Å². The van der Waals surface area contributed by atoms with Gasteiger partial charge in [-0.1, -0.05) is 6.92 Å². The lowest BCUT2D eigenvalue weighted by atomic mass is 10.1. The maximum absolute atomic E-state index is 3.51. The Hall–Kier alpha value is -0.340. The van der Waals surface area contributed by atoms with E-state index < -0.39 is 0 Å². The van der Waals surface area contributed by atoms with E-state index >= 15 is 0 Å². The fourth-order valence-electron chi connectivity index (χ4n) is 1.55. The lowest BCUT2D eigenvalue weighted by Crippen LogP contribution is -2.19. The highest BCUT2D eigenvalue weighted by Crippen LogP contribution is 2.25. The quantitative estimate of drug-likeness (QED) is 0.780. The first-order valence-electron chi connectivity index (χ1n) is 4.95. The SMILES string of the molecule is CCCNC(C)c1cc(C)sc1C. The molecule has 1 rings (SSSR count). The number of hydrogen-bond acceptors (Lipinski definition) is 2. The summed E-state index contributed by atoms with van der Waals surface area (Å²) in [4.78, 5) is 2.87. The molecule has 0 aliphatic carbocycles. The second-order valence-electron chi connectivity index (χ2n) is 3.54. The molecule has 1 heterocycles. The molecule has 2 heteroatoms. The Kier molecular flexibility index (Phi) is 3.94. The van der Waals surface area contributed by atoms with Gasteiger partial charge in [-0.05, 0) is 45.4 Å². The zero-order valence-corrected chi connectivity index (χ0v) is 9.79. The highest BCUT2D eigenvalue weighted by atomic mass is 32.1. The molecule has 13 heavy (non-hydrogen) atoms. The van der Waals surface area contributed by atoms with Gasteiger partial charge in [0, 0.05) is 15.8 Å². The van der Waals surface area contributed by atoms with E-state index in [-0.39, 0.29) is 0 Å². The molecular weight excluding hydrogens is 178 g/mol. The summed E-state index contributed by atoms with van der Waals surface area (Å²) < 4.78 is 0. The molecule has 0 bridgehead atoms. The molecule has 0 aliphatic rings. The highest BCUT2D eigenvalue weighted by molar-refractivity contribution is 7.12. The van der Waals surface area contributed by atoms with E-state index in [2.05, 4.69) is 39.1 Å². The second kappa shape index (κ2) is 4.77. The minimum Gasteiger partial charge on any atom is -0.310 e.